The van der Waals surface area contributed by atoms with E-state index < -0.39 is 0 Å². The van der Waals surface area contributed by atoms with E-state index in [9.17, 15) is 9.59 Å². The van der Waals surface area contributed by atoms with Crippen LogP contribution in [0.15, 0.2) is 69.9 Å². The van der Waals surface area contributed by atoms with Gasteiger partial charge in [-0.1, -0.05) is 61.2 Å². The molecule has 6 nitrogen and oxygen atoms in total. The molecule has 152 valence electrons. The van der Waals surface area contributed by atoms with Gasteiger partial charge in [-0.3, -0.25) is 14.2 Å². The van der Waals surface area contributed by atoms with E-state index in [0.717, 1.165) is 17.7 Å². The zero-order chi connectivity index (χ0) is 20.9. The number of hydrogen-bond donors (Lipinski definition) is 1. The smallest absolute Gasteiger partial charge is 0.262 e. The number of thiazole rings is 1. The van der Waals surface area contributed by atoms with Gasteiger partial charge in [0.25, 0.3) is 5.56 Å². The molecule has 30 heavy (non-hydrogen) atoms. The van der Waals surface area contributed by atoms with Crippen molar-refractivity contribution in [2.45, 2.75) is 25.0 Å². The van der Waals surface area contributed by atoms with Gasteiger partial charge in [-0.15, -0.1) is 11.3 Å². The number of fused-ring (bicyclic) bond motifs is 1. The third kappa shape index (κ3) is 4.44. The Morgan fingerprint density at radius 2 is 1.87 bits per heavy atom. The van der Waals surface area contributed by atoms with Crippen molar-refractivity contribution >= 4 is 45.0 Å². The normalized spacial score (nSPS) is 11.0. The van der Waals surface area contributed by atoms with Crippen LogP contribution in [0.1, 0.15) is 13.3 Å². The predicted octanol–water partition coefficient (Wildman–Crippen LogP) is 4.66. The zero-order valence-electron chi connectivity index (χ0n) is 16.4. The van der Waals surface area contributed by atoms with E-state index in [-0.39, 0.29) is 17.2 Å². The molecular weight excluding hydrogens is 416 g/mol. The van der Waals surface area contributed by atoms with Crippen LogP contribution in [0, 0.1) is 0 Å². The Morgan fingerprint density at radius 3 is 2.67 bits per heavy atom. The van der Waals surface area contributed by atoms with Gasteiger partial charge in [0, 0.05) is 17.5 Å². The Hall–Kier alpha value is -2.97. The van der Waals surface area contributed by atoms with Crippen molar-refractivity contribution < 1.29 is 4.79 Å². The minimum Gasteiger partial charge on any atom is -0.301 e. The number of rotatable bonds is 7. The second kappa shape index (κ2) is 9.23. The van der Waals surface area contributed by atoms with E-state index in [0.29, 0.717) is 27.7 Å². The number of nitrogens with one attached hydrogen (secondary N) is 1. The molecule has 0 saturated carbocycles. The molecule has 4 rings (SSSR count). The number of para-hydroxylation sites is 1. The molecule has 0 aliphatic carbocycles. The van der Waals surface area contributed by atoms with Crippen molar-refractivity contribution in [1.82, 2.24) is 14.5 Å². The average Bonchev–Trinajstić information content (AvgIpc) is 3.23. The van der Waals surface area contributed by atoms with Crippen molar-refractivity contribution in [2.24, 2.45) is 0 Å². The summed E-state index contributed by atoms with van der Waals surface area (Å²) in [4.78, 5) is 34.4. The molecule has 0 atom stereocenters. The summed E-state index contributed by atoms with van der Waals surface area (Å²) in [6, 6.07) is 17.1. The minimum atomic E-state index is -0.181. The number of benzene rings is 2. The number of amides is 1. The average molecular weight is 437 g/mol. The fourth-order valence-corrected chi connectivity index (χ4v) is 4.60. The highest BCUT2D eigenvalue weighted by Crippen LogP contribution is 2.25. The van der Waals surface area contributed by atoms with Crippen molar-refractivity contribution in [2.75, 3.05) is 11.1 Å². The summed E-state index contributed by atoms with van der Waals surface area (Å²) in [5, 5.41) is 6.46. The first kappa shape index (κ1) is 20.3. The van der Waals surface area contributed by atoms with Gasteiger partial charge in [-0.2, -0.15) is 0 Å². The zero-order valence-corrected chi connectivity index (χ0v) is 18.0. The SMILES string of the molecule is CCCn1c(SCC(=O)Nc2nc(-c3ccccc3)cs2)nc2ccccc2c1=O. The lowest BCUT2D eigenvalue weighted by Crippen LogP contribution is -2.24. The second-order valence-electron chi connectivity index (χ2n) is 6.61. The Labute approximate surface area is 182 Å². The largest absolute Gasteiger partial charge is 0.301 e. The number of carbonyl (C=O) groups excluding carboxylic acids is 1. The number of anilines is 1. The van der Waals surface area contributed by atoms with Crippen LogP contribution in [0.4, 0.5) is 5.13 Å². The van der Waals surface area contributed by atoms with Gasteiger partial charge in [0.05, 0.1) is 22.3 Å². The number of carbonyl (C=O) groups is 1. The summed E-state index contributed by atoms with van der Waals surface area (Å²) >= 11 is 2.65. The monoisotopic (exact) mass is 436 g/mol. The van der Waals surface area contributed by atoms with E-state index in [1.807, 2.05) is 60.8 Å². The third-order valence-electron chi connectivity index (χ3n) is 4.43. The van der Waals surface area contributed by atoms with Crippen molar-refractivity contribution in [3.8, 4) is 11.3 Å². The van der Waals surface area contributed by atoms with Crippen molar-refractivity contribution in [3.63, 3.8) is 0 Å². The van der Waals surface area contributed by atoms with E-state index >= 15 is 0 Å². The molecule has 0 saturated heterocycles. The molecule has 0 radical (unpaired) electrons. The molecule has 0 spiro atoms. The molecule has 4 aromatic rings. The van der Waals surface area contributed by atoms with Gasteiger partial charge in [0.2, 0.25) is 5.91 Å². The van der Waals surface area contributed by atoms with Crippen molar-refractivity contribution in [1.29, 1.82) is 0 Å². The van der Waals surface area contributed by atoms with Crippen LogP contribution in [0.2, 0.25) is 0 Å². The van der Waals surface area contributed by atoms with Gasteiger partial charge in [0.1, 0.15) is 0 Å². The summed E-state index contributed by atoms with van der Waals surface area (Å²) in [6.07, 6.45) is 0.807. The van der Waals surface area contributed by atoms with Crippen molar-refractivity contribution in [3.05, 3.63) is 70.3 Å². The maximum atomic E-state index is 12.8. The van der Waals surface area contributed by atoms with Crippen LogP contribution >= 0.6 is 23.1 Å². The van der Waals surface area contributed by atoms with Gasteiger partial charge >= 0.3 is 0 Å². The molecule has 2 aromatic heterocycles. The summed E-state index contributed by atoms with van der Waals surface area (Å²) in [5.41, 5.74) is 2.41. The molecule has 0 unspecified atom stereocenters. The molecule has 2 heterocycles. The molecule has 1 N–H and O–H groups in total. The van der Waals surface area contributed by atoms with Crippen LogP contribution < -0.4 is 10.9 Å². The summed E-state index contributed by atoms with van der Waals surface area (Å²) in [5.74, 6) is -0.0335. The predicted molar refractivity (Wildman–Crippen MR) is 123 cm³/mol. The van der Waals surface area contributed by atoms with Crippen LogP contribution in [0.5, 0.6) is 0 Å². The molecule has 8 heteroatoms. The number of thioether (sulfide) groups is 1. The van der Waals surface area contributed by atoms with E-state index in [4.69, 9.17) is 0 Å². The highest BCUT2D eigenvalue weighted by atomic mass is 32.2. The molecule has 2 aromatic carbocycles. The molecule has 0 bridgehead atoms. The number of nitrogens with zero attached hydrogens (tertiary/aromatic N) is 3. The maximum absolute atomic E-state index is 12.8. The lowest BCUT2D eigenvalue weighted by molar-refractivity contribution is -0.113. The molecular formula is C22H20N4O2S2. The Balaban J connectivity index is 1.47. The first-order valence-electron chi connectivity index (χ1n) is 9.59. The van der Waals surface area contributed by atoms with Gasteiger partial charge in [-0.25, -0.2) is 9.97 Å². The van der Waals surface area contributed by atoms with Crippen LogP contribution in [-0.2, 0) is 11.3 Å². The Kier molecular flexibility index (Phi) is 6.25. The topological polar surface area (TPSA) is 76.9 Å². The lowest BCUT2D eigenvalue weighted by Gasteiger charge is -2.12. The van der Waals surface area contributed by atoms with Crippen LogP contribution in [-0.4, -0.2) is 26.2 Å². The second-order valence-corrected chi connectivity index (χ2v) is 8.41. The summed E-state index contributed by atoms with van der Waals surface area (Å²) in [6.45, 7) is 2.57. The third-order valence-corrected chi connectivity index (χ3v) is 6.16. The van der Waals surface area contributed by atoms with E-state index in [1.54, 1.807) is 10.6 Å². The van der Waals surface area contributed by atoms with Gasteiger partial charge in [-0.05, 0) is 18.6 Å². The summed E-state index contributed by atoms with van der Waals surface area (Å²) in [7, 11) is 0. The molecule has 0 fully saturated rings. The molecule has 0 aliphatic rings. The Bertz CT molecular complexity index is 1230. The molecule has 1 amide bonds. The first-order valence-corrected chi connectivity index (χ1v) is 11.5. The highest BCUT2D eigenvalue weighted by Gasteiger charge is 2.14. The van der Waals surface area contributed by atoms with Gasteiger partial charge < -0.3 is 5.32 Å². The van der Waals surface area contributed by atoms with Gasteiger partial charge in [0.15, 0.2) is 10.3 Å². The highest BCUT2D eigenvalue weighted by molar-refractivity contribution is 7.99. The van der Waals surface area contributed by atoms with E-state index in [1.165, 1.54) is 23.1 Å². The summed E-state index contributed by atoms with van der Waals surface area (Å²) < 4.78 is 1.65. The fraction of sp³-hybridized carbons (Fsp3) is 0.182. The Morgan fingerprint density at radius 1 is 1.10 bits per heavy atom. The standard InChI is InChI=1S/C22H20N4O2S2/c1-2-12-26-20(28)16-10-6-7-11-17(16)24-22(26)30-14-19(27)25-21-23-18(13-29-21)15-8-4-3-5-9-15/h3-11,13H,2,12,14H2,1H3,(H,23,25,27). The minimum absolute atomic E-state index is 0.0715. The fourth-order valence-electron chi connectivity index (χ4n) is 3.04. The van der Waals surface area contributed by atoms with Crippen LogP contribution in [0.25, 0.3) is 22.2 Å². The first-order chi connectivity index (χ1) is 14.7. The quantitative estimate of drug-likeness (QED) is 0.337. The number of hydrogen-bond acceptors (Lipinski definition) is 6. The maximum Gasteiger partial charge on any atom is 0.262 e. The number of aromatic nitrogens is 3. The molecule has 0 aliphatic heterocycles. The van der Waals surface area contributed by atoms with E-state index in [2.05, 4.69) is 15.3 Å². The van der Waals surface area contributed by atoms with Crippen LogP contribution in [0.3, 0.4) is 0 Å². The lowest BCUT2D eigenvalue weighted by atomic mass is 10.2.